The molecule has 3 heterocycles. The van der Waals surface area contributed by atoms with Crippen LogP contribution in [0.15, 0.2) is 48.8 Å². The maximum absolute atomic E-state index is 13.1. The van der Waals surface area contributed by atoms with Crippen LogP contribution in [-0.2, 0) is 18.7 Å². The Kier molecular flexibility index (Phi) is 5.05. The normalized spacial score (nSPS) is 13.2. The van der Waals surface area contributed by atoms with Gasteiger partial charge >= 0.3 is 0 Å². The zero-order chi connectivity index (χ0) is 18.8. The van der Waals surface area contributed by atoms with E-state index in [0.29, 0.717) is 12.1 Å². The lowest BCUT2D eigenvalue weighted by Crippen LogP contribution is -2.25. The molecule has 4 rings (SSSR count). The van der Waals surface area contributed by atoms with Gasteiger partial charge in [-0.1, -0.05) is 12.1 Å². The molecule has 0 bridgehead atoms. The van der Waals surface area contributed by atoms with Crippen LogP contribution in [0.3, 0.4) is 0 Å². The molecule has 0 atom stereocenters. The van der Waals surface area contributed by atoms with E-state index in [4.69, 9.17) is 5.73 Å². The summed E-state index contributed by atoms with van der Waals surface area (Å²) in [6.07, 6.45) is 4.85. The van der Waals surface area contributed by atoms with E-state index in [9.17, 15) is 9.59 Å². The minimum atomic E-state index is -0.470. The zero-order valence-electron chi connectivity index (χ0n) is 14.6. The van der Waals surface area contributed by atoms with Gasteiger partial charge in [-0.25, -0.2) is 0 Å². The second-order valence-corrected chi connectivity index (χ2v) is 8.51. The minimum absolute atomic E-state index is 0.0763. The van der Waals surface area contributed by atoms with E-state index in [1.165, 1.54) is 10.4 Å². The SMILES string of the molecule is NC(=O)c1cccc(CNC(=O)c2c(-n3cccc3)sc3c2CCSC3)c1. The Morgan fingerprint density at radius 1 is 1.19 bits per heavy atom. The van der Waals surface area contributed by atoms with Crippen LogP contribution in [0.5, 0.6) is 0 Å². The Bertz CT molecular complexity index is 993. The summed E-state index contributed by atoms with van der Waals surface area (Å²) in [7, 11) is 0. The van der Waals surface area contributed by atoms with Crippen LogP contribution in [0.4, 0.5) is 0 Å². The standard InChI is InChI=1S/C20H19N3O2S2/c21-18(24)14-5-3-4-13(10-14)11-22-19(25)17-15-6-9-26-12-16(15)27-20(17)23-7-1-2-8-23/h1-5,7-8,10H,6,9,11-12H2,(H2,21,24)(H,22,25). The number of nitrogens with two attached hydrogens (primary N) is 1. The first kappa shape index (κ1) is 17.9. The van der Waals surface area contributed by atoms with Crippen LogP contribution in [0.2, 0.25) is 0 Å². The fraction of sp³-hybridized carbons (Fsp3) is 0.200. The van der Waals surface area contributed by atoms with Gasteiger partial charge in [-0.15, -0.1) is 11.3 Å². The van der Waals surface area contributed by atoms with E-state index in [1.54, 1.807) is 29.5 Å². The quantitative estimate of drug-likeness (QED) is 0.693. The first-order valence-electron chi connectivity index (χ1n) is 8.66. The summed E-state index contributed by atoms with van der Waals surface area (Å²) in [5.41, 5.74) is 8.58. The smallest absolute Gasteiger partial charge is 0.254 e. The van der Waals surface area contributed by atoms with Crippen molar-refractivity contribution in [2.45, 2.75) is 18.7 Å². The zero-order valence-corrected chi connectivity index (χ0v) is 16.2. The Hall–Kier alpha value is -2.51. The molecule has 0 spiro atoms. The molecule has 0 radical (unpaired) electrons. The highest BCUT2D eigenvalue weighted by molar-refractivity contribution is 7.98. The van der Waals surface area contributed by atoms with Crippen molar-refractivity contribution >= 4 is 34.9 Å². The lowest BCUT2D eigenvalue weighted by atomic mass is 10.1. The largest absolute Gasteiger partial charge is 0.366 e. The molecule has 0 aliphatic carbocycles. The van der Waals surface area contributed by atoms with E-state index >= 15 is 0 Å². The number of hydrogen-bond donors (Lipinski definition) is 2. The van der Waals surface area contributed by atoms with Gasteiger partial charge in [0.15, 0.2) is 0 Å². The molecule has 3 aromatic rings. The summed E-state index contributed by atoms with van der Waals surface area (Å²) in [5, 5.41) is 3.98. The van der Waals surface area contributed by atoms with Gasteiger partial charge in [0.25, 0.3) is 5.91 Å². The number of carbonyl (C=O) groups is 2. The van der Waals surface area contributed by atoms with Gasteiger partial charge in [-0.05, 0) is 47.6 Å². The number of amides is 2. The second-order valence-electron chi connectivity index (χ2n) is 6.32. The predicted molar refractivity (Wildman–Crippen MR) is 110 cm³/mol. The van der Waals surface area contributed by atoms with Gasteiger partial charge in [-0.2, -0.15) is 11.8 Å². The van der Waals surface area contributed by atoms with Gasteiger partial charge in [0, 0.05) is 35.1 Å². The van der Waals surface area contributed by atoms with Crippen LogP contribution < -0.4 is 11.1 Å². The molecule has 0 fully saturated rings. The van der Waals surface area contributed by atoms with E-state index in [0.717, 1.165) is 34.1 Å². The van der Waals surface area contributed by atoms with Crippen molar-refractivity contribution in [1.82, 2.24) is 9.88 Å². The van der Waals surface area contributed by atoms with Gasteiger partial charge < -0.3 is 15.6 Å². The number of fused-ring (bicyclic) bond motifs is 1. The molecule has 1 aliphatic rings. The number of thiophene rings is 1. The lowest BCUT2D eigenvalue weighted by molar-refractivity contribution is 0.0949. The monoisotopic (exact) mass is 397 g/mol. The number of nitrogens with one attached hydrogen (secondary N) is 1. The number of nitrogens with zero attached hydrogens (tertiary/aromatic N) is 1. The summed E-state index contributed by atoms with van der Waals surface area (Å²) in [6, 6.07) is 11.0. The summed E-state index contributed by atoms with van der Waals surface area (Å²) < 4.78 is 2.01. The molecular weight excluding hydrogens is 378 g/mol. The molecule has 27 heavy (non-hydrogen) atoms. The van der Waals surface area contributed by atoms with E-state index < -0.39 is 5.91 Å². The molecule has 0 saturated carbocycles. The second kappa shape index (κ2) is 7.62. The molecule has 5 nitrogen and oxygen atoms in total. The van der Waals surface area contributed by atoms with Crippen LogP contribution in [0.1, 0.15) is 36.7 Å². The van der Waals surface area contributed by atoms with Gasteiger partial charge in [0.1, 0.15) is 5.00 Å². The van der Waals surface area contributed by atoms with Gasteiger partial charge in [-0.3, -0.25) is 9.59 Å². The van der Waals surface area contributed by atoms with Crippen LogP contribution in [0, 0.1) is 0 Å². The third-order valence-corrected chi connectivity index (χ3v) is 6.95. The maximum Gasteiger partial charge on any atom is 0.254 e. The first-order valence-corrected chi connectivity index (χ1v) is 10.6. The van der Waals surface area contributed by atoms with Crippen LogP contribution >= 0.6 is 23.1 Å². The summed E-state index contributed by atoms with van der Waals surface area (Å²) >= 11 is 3.60. The number of rotatable bonds is 5. The minimum Gasteiger partial charge on any atom is -0.366 e. The van der Waals surface area contributed by atoms with Crippen LogP contribution in [0.25, 0.3) is 5.00 Å². The molecule has 1 aromatic carbocycles. The Morgan fingerprint density at radius 3 is 2.78 bits per heavy atom. The Labute approximate surface area is 165 Å². The summed E-state index contributed by atoms with van der Waals surface area (Å²) in [4.78, 5) is 25.7. The van der Waals surface area contributed by atoms with Crippen molar-refractivity contribution in [1.29, 1.82) is 0 Å². The average Bonchev–Trinajstić information content (AvgIpc) is 3.33. The van der Waals surface area contributed by atoms with Crippen LogP contribution in [-0.4, -0.2) is 22.1 Å². The van der Waals surface area contributed by atoms with Crippen molar-refractivity contribution in [3.05, 3.63) is 75.9 Å². The van der Waals surface area contributed by atoms with Crippen molar-refractivity contribution in [3.8, 4) is 5.00 Å². The lowest BCUT2D eigenvalue weighted by Gasteiger charge is -2.13. The predicted octanol–water partition coefficient (Wildman–Crippen LogP) is 3.36. The topological polar surface area (TPSA) is 77.1 Å². The number of thioether (sulfide) groups is 1. The number of carbonyl (C=O) groups excluding carboxylic acids is 2. The molecule has 0 unspecified atom stereocenters. The molecule has 2 amide bonds. The third-order valence-electron chi connectivity index (χ3n) is 4.53. The van der Waals surface area contributed by atoms with Crippen molar-refractivity contribution in [2.75, 3.05) is 5.75 Å². The highest BCUT2D eigenvalue weighted by Crippen LogP contribution is 2.38. The molecule has 138 valence electrons. The molecule has 2 aromatic heterocycles. The first-order chi connectivity index (χ1) is 13.1. The van der Waals surface area contributed by atoms with Crippen molar-refractivity contribution in [3.63, 3.8) is 0 Å². The van der Waals surface area contributed by atoms with Gasteiger partial charge in [0.2, 0.25) is 5.91 Å². The molecule has 7 heteroatoms. The number of benzene rings is 1. The van der Waals surface area contributed by atoms with Crippen molar-refractivity contribution in [2.24, 2.45) is 5.73 Å². The highest BCUT2D eigenvalue weighted by atomic mass is 32.2. The number of hydrogen-bond acceptors (Lipinski definition) is 4. The summed E-state index contributed by atoms with van der Waals surface area (Å²) in [5.74, 6) is 1.45. The average molecular weight is 398 g/mol. The Balaban J connectivity index is 1.61. The fourth-order valence-electron chi connectivity index (χ4n) is 3.21. The van der Waals surface area contributed by atoms with E-state index in [-0.39, 0.29) is 5.91 Å². The number of aromatic nitrogens is 1. The Morgan fingerprint density at radius 2 is 2.00 bits per heavy atom. The fourth-order valence-corrected chi connectivity index (χ4v) is 5.65. The third kappa shape index (κ3) is 3.65. The van der Waals surface area contributed by atoms with Gasteiger partial charge in [0.05, 0.1) is 5.56 Å². The van der Waals surface area contributed by atoms with E-state index in [2.05, 4.69) is 5.32 Å². The number of primary amides is 1. The molecule has 3 N–H and O–H groups in total. The van der Waals surface area contributed by atoms with Crippen molar-refractivity contribution < 1.29 is 9.59 Å². The summed E-state index contributed by atoms with van der Waals surface area (Å²) in [6.45, 7) is 0.352. The highest BCUT2D eigenvalue weighted by Gasteiger charge is 2.26. The molecule has 1 aliphatic heterocycles. The molecular formula is C20H19N3O2S2. The maximum atomic E-state index is 13.1. The molecule has 0 saturated heterocycles. The van der Waals surface area contributed by atoms with E-state index in [1.807, 2.05) is 46.9 Å².